The first-order valence-corrected chi connectivity index (χ1v) is 8.76. The Kier molecular flexibility index (Phi) is 5.19. The molecule has 2 aromatic carbocycles. The Bertz CT molecular complexity index is 885. The molecule has 0 N–H and O–H groups in total. The first kappa shape index (κ1) is 17.2. The molecule has 0 bridgehead atoms. The number of thioether (sulfide) groups is 1. The quantitative estimate of drug-likeness (QED) is 0.485. The summed E-state index contributed by atoms with van der Waals surface area (Å²) < 4.78 is 10.8. The van der Waals surface area contributed by atoms with Crippen LogP contribution < -0.4 is 4.74 Å². The maximum atomic E-state index is 12.3. The second-order valence-corrected chi connectivity index (χ2v) is 6.62. The zero-order chi connectivity index (χ0) is 17.8. The Balaban J connectivity index is 1.68. The summed E-state index contributed by atoms with van der Waals surface area (Å²) in [6.07, 6.45) is 0. The second-order valence-electron chi connectivity index (χ2n) is 5.69. The highest BCUT2D eigenvalue weighted by Gasteiger charge is 2.13. The molecule has 1 aromatic heterocycles. The Hall–Kier alpha value is -2.60. The van der Waals surface area contributed by atoms with Crippen molar-refractivity contribution in [3.05, 3.63) is 59.2 Å². The molecule has 0 aliphatic carbocycles. The minimum Gasteiger partial charge on any atom is -0.497 e. The van der Waals surface area contributed by atoms with Gasteiger partial charge in [0.2, 0.25) is 5.89 Å². The van der Waals surface area contributed by atoms with Gasteiger partial charge in [0.15, 0.2) is 5.78 Å². The molecule has 5 nitrogen and oxygen atoms in total. The van der Waals surface area contributed by atoms with Gasteiger partial charge in [-0.3, -0.25) is 4.79 Å². The monoisotopic (exact) mass is 354 g/mol. The minimum absolute atomic E-state index is 0.0185. The van der Waals surface area contributed by atoms with E-state index in [-0.39, 0.29) is 11.5 Å². The molecule has 0 saturated heterocycles. The molecule has 128 valence electrons. The summed E-state index contributed by atoms with van der Waals surface area (Å²) in [6, 6.07) is 13.2. The van der Waals surface area contributed by atoms with Gasteiger partial charge in [0.05, 0.1) is 12.9 Å². The standard InChI is InChI=1S/C19H18N2O3S/c1-12-7-13(2)9-15(8-12)18-20-21-19(24-18)25-11-17(22)14-5-4-6-16(10-14)23-3/h4-10H,11H2,1-3H3. The third kappa shape index (κ3) is 4.28. The summed E-state index contributed by atoms with van der Waals surface area (Å²) in [5.41, 5.74) is 3.75. The number of Topliss-reactive ketones (excluding diaryl/α,β-unsaturated/α-hetero) is 1. The van der Waals surface area contributed by atoms with Crippen molar-refractivity contribution in [2.75, 3.05) is 12.9 Å². The molecule has 1 heterocycles. The average molecular weight is 354 g/mol. The van der Waals surface area contributed by atoms with E-state index in [0.717, 1.165) is 16.7 Å². The van der Waals surface area contributed by atoms with Gasteiger partial charge < -0.3 is 9.15 Å². The van der Waals surface area contributed by atoms with E-state index in [4.69, 9.17) is 9.15 Å². The Morgan fingerprint density at radius 1 is 1.12 bits per heavy atom. The lowest BCUT2D eigenvalue weighted by atomic mass is 10.1. The molecule has 0 atom stereocenters. The van der Waals surface area contributed by atoms with Crippen molar-refractivity contribution in [3.8, 4) is 17.2 Å². The van der Waals surface area contributed by atoms with Crippen molar-refractivity contribution in [1.82, 2.24) is 10.2 Å². The first-order valence-electron chi connectivity index (χ1n) is 7.77. The predicted molar refractivity (Wildman–Crippen MR) is 97.3 cm³/mol. The van der Waals surface area contributed by atoms with Gasteiger partial charge in [-0.2, -0.15) is 0 Å². The number of rotatable bonds is 6. The summed E-state index contributed by atoms with van der Waals surface area (Å²) >= 11 is 1.23. The van der Waals surface area contributed by atoms with Crippen molar-refractivity contribution in [2.45, 2.75) is 19.1 Å². The number of methoxy groups -OCH3 is 1. The Labute approximate surface area is 150 Å². The van der Waals surface area contributed by atoms with E-state index in [9.17, 15) is 4.79 Å². The first-order chi connectivity index (χ1) is 12.0. The number of nitrogens with zero attached hydrogens (tertiary/aromatic N) is 2. The predicted octanol–water partition coefficient (Wildman–Crippen LogP) is 4.34. The molecule has 0 radical (unpaired) electrons. The number of hydrogen-bond acceptors (Lipinski definition) is 6. The highest BCUT2D eigenvalue weighted by molar-refractivity contribution is 7.99. The van der Waals surface area contributed by atoms with Gasteiger partial charge in [0, 0.05) is 11.1 Å². The number of ketones is 1. The van der Waals surface area contributed by atoms with Gasteiger partial charge in [-0.15, -0.1) is 10.2 Å². The van der Waals surface area contributed by atoms with Crippen LogP contribution in [0.2, 0.25) is 0 Å². The summed E-state index contributed by atoms with van der Waals surface area (Å²) in [7, 11) is 1.57. The molecule has 6 heteroatoms. The molecule has 0 unspecified atom stereocenters. The van der Waals surface area contributed by atoms with E-state index in [0.29, 0.717) is 22.4 Å². The number of aromatic nitrogens is 2. The van der Waals surface area contributed by atoms with Gasteiger partial charge in [-0.1, -0.05) is 41.1 Å². The Morgan fingerprint density at radius 2 is 1.88 bits per heavy atom. The van der Waals surface area contributed by atoms with Crippen molar-refractivity contribution in [1.29, 1.82) is 0 Å². The summed E-state index contributed by atoms with van der Waals surface area (Å²) in [6.45, 7) is 4.05. The molecule has 3 rings (SSSR count). The normalized spacial score (nSPS) is 10.7. The van der Waals surface area contributed by atoms with Crippen LogP contribution in [0.3, 0.4) is 0 Å². The van der Waals surface area contributed by atoms with E-state index in [1.54, 1.807) is 31.4 Å². The van der Waals surface area contributed by atoms with Crippen LogP contribution in [0.5, 0.6) is 5.75 Å². The van der Waals surface area contributed by atoms with Crippen molar-refractivity contribution < 1.29 is 13.9 Å². The zero-order valence-electron chi connectivity index (χ0n) is 14.3. The molecule has 25 heavy (non-hydrogen) atoms. The van der Waals surface area contributed by atoms with Crippen LogP contribution >= 0.6 is 11.8 Å². The highest BCUT2D eigenvalue weighted by atomic mass is 32.2. The lowest BCUT2D eigenvalue weighted by Crippen LogP contribution is -2.02. The summed E-state index contributed by atoms with van der Waals surface area (Å²) in [5.74, 6) is 1.32. The fourth-order valence-electron chi connectivity index (χ4n) is 2.49. The number of benzene rings is 2. The maximum absolute atomic E-state index is 12.3. The molecule has 0 spiro atoms. The van der Waals surface area contributed by atoms with Gasteiger partial charge in [-0.05, 0) is 38.1 Å². The third-order valence-corrected chi connectivity index (χ3v) is 4.41. The zero-order valence-corrected chi connectivity index (χ0v) is 15.1. The maximum Gasteiger partial charge on any atom is 0.277 e. The van der Waals surface area contributed by atoms with Crippen molar-refractivity contribution >= 4 is 17.5 Å². The van der Waals surface area contributed by atoms with E-state index in [1.807, 2.05) is 26.0 Å². The number of carbonyl (C=O) groups is 1. The number of aryl methyl sites for hydroxylation is 2. The molecular formula is C19H18N2O3S. The summed E-state index contributed by atoms with van der Waals surface area (Å²) in [5, 5.41) is 8.48. The van der Waals surface area contributed by atoms with Crippen molar-refractivity contribution in [2.24, 2.45) is 0 Å². The lowest BCUT2D eigenvalue weighted by molar-refractivity contribution is 0.102. The number of ether oxygens (including phenoxy) is 1. The van der Waals surface area contributed by atoms with Crippen LogP contribution in [0, 0.1) is 13.8 Å². The smallest absolute Gasteiger partial charge is 0.277 e. The van der Waals surface area contributed by atoms with E-state index < -0.39 is 0 Å². The molecule has 0 saturated carbocycles. The molecular weight excluding hydrogens is 336 g/mol. The molecule has 0 aliphatic rings. The number of carbonyl (C=O) groups excluding carboxylic acids is 1. The van der Waals surface area contributed by atoms with Gasteiger partial charge in [0.25, 0.3) is 5.22 Å². The van der Waals surface area contributed by atoms with Gasteiger partial charge >= 0.3 is 0 Å². The van der Waals surface area contributed by atoms with Crippen LogP contribution in [0.25, 0.3) is 11.5 Å². The average Bonchev–Trinajstić information content (AvgIpc) is 3.08. The van der Waals surface area contributed by atoms with Gasteiger partial charge in [-0.25, -0.2) is 0 Å². The van der Waals surface area contributed by atoms with E-state index >= 15 is 0 Å². The SMILES string of the molecule is COc1cccc(C(=O)CSc2nnc(-c3cc(C)cc(C)c3)o2)c1. The van der Waals surface area contributed by atoms with Crippen LogP contribution in [-0.2, 0) is 0 Å². The second kappa shape index (κ2) is 7.53. The fraction of sp³-hybridized carbons (Fsp3) is 0.211. The van der Waals surface area contributed by atoms with Crippen molar-refractivity contribution in [3.63, 3.8) is 0 Å². The molecule has 0 amide bonds. The van der Waals surface area contributed by atoms with Gasteiger partial charge in [0.1, 0.15) is 5.75 Å². The summed E-state index contributed by atoms with van der Waals surface area (Å²) in [4.78, 5) is 12.3. The van der Waals surface area contributed by atoms with E-state index in [2.05, 4.69) is 16.3 Å². The van der Waals surface area contributed by atoms with Crippen LogP contribution in [0.4, 0.5) is 0 Å². The number of hydrogen-bond donors (Lipinski definition) is 0. The minimum atomic E-state index is -0.0185. The molecule has 3 aromatic rings. The van der Waals surface area contributed by atoms with E-state index in [1.165, 1.54) is 11.8 Å². The highest BCUT2D eigenvalue weighted by Crippen LogP contribution is 2.25. The van der Waals surface area contributed by atoms with Crippen LogP contribution in [0.15, 0.2) is 52.1 Å². The largest absolute Gasteiger partial charge is 0.497 e. The van der Waals surface area contributed by atoms with Crippen LogP contribution in [0.1, 0.15) is 21.5 Å². The fourth-order valence-corrected chi connectivity index (χ4v) is 3.15. The molecule has 0 fully saturated rings. The Morgan fingerprint density at radius 3 is 2.60 bits per heavy atom. The topological polar surface area (TPSA) is 65.2 Å². The van der Waals surface area contributed by atoms with Crippen LogP contribution in [-0.4, -0.2) is 28.8 Å². The molecule has 0 aliphatic heterocycles. The lowest BCUT2D eigenvalue weighted by Gasteiger charge is -2.02. The third-order valence-electron chi connectivity index (χ3n) is 3.59.